The van der Waals surface area contributed by atoms with Gasteiger partial charge in [0.05, 0.1) is 27.7 Å². The zero-order valence-corrected chi connectivity index (χ0v) is 19.3. The van der Waals surface area contributed by atoms with Gasteiger partial charge in [-0.3, -0.25) is 4.99 Å². The van der Waals surface area contributed by atoms with Gasteiger partial charge in [-0.15, -0.1) is 6.42 Å². The number of pyridine rings is 1. The molecular formula is C24H19F4N5OS. The van der Waals surface area contributed by atoms with E-state index in [4.69, 9.17) is 16.9 Å². The van der Waals surface area contributed by atoms with Crippen molar-refractivity contribution in [1.82, 2.24) is 15.0 Å². The molecule has 1 saturated carbocycles. The maximum atomic E-state index is 15.0. The van der Waals surface area contributed by atoms with Crippen LogP contribution in [0.2, 0.25) is 0 Å². The fraction of sp³-hybridized carbons (Fsp3) is 0.333. The summed E-state index contributed by atoms with van der Waals surface area (Å²) in [4.78, 5) is 17.1. The molecular weight excluding hydrogens is 482 g/mol. The lowest BCUT2D eigenvalue weighted by Gasteiger charge is -2.34. The van der Waals surface area contributed by atoms with E-state index in [1.165, 1.54) is 25.5 Å². The summed E-state index contributed by atoms with van der Waals surface area (Å²) in [6.07, 6.45) is 5.53. The van der Waals surface area contributed by atoms with Crippen LogP contribution in [-0.2, 0) is 12.0 Å². The van der Waals surface area contributed by atoms with E-state index in [-0.39, 0.29) is 30.2 Å². The van der Waals surface area contributed by atoms with Gasteiger partial charge in [0.15, 0.2) is 16.8 Å². The molecule has 5 rings (SSSR count). The van der Waals surface area contributed by atoms with Crippen molar-refractivity contribution in [2.45, 2.75) is 36.5 Å². The van der Waals surface area contributed by atoms with Crippen molar-refractivity contribution in [2.24, 2.45) is 16.6 Å². The number of amidine groups is 1. The van der Waals surface area contributed by atoms with E-state index < -0.39 is 34.3 Å². The monoisotopic (exact) mass is 501 g/mol. The highest BCUT2D eigenvalue weighted by atomic mass is 32.2. The Morgan fingerprint density at radius 1 is 1.26 bits per heavy atom. The van der Waals surface area contributed by atoms with Crippen molar-refractivity contribution in [3.8, 4) is 18.1 Å². The molecule has 35 heavy (non-hydrogen) atoms. The molecule has 1 fully saturated rings. The number of hydrogen-bond donors (Lipinski definition) is 1. The van der Waals surface area contributed by atoms with Crippen LogP contribution in [0, 0.1) is 29.9 Å². The van der Waals surface area contributed by atoms with Gasteiger partial charge >= 0.3 is 0 Å². The van der Waals surface area contributed by atoms with Crippen LogP contribution in [0.1, 0.15) is 30.2 Å². The molecule has 3 aromatic rings. The predicted molar refractivity (Wildman–Crippen MR) is 124 cm³/mol. The molecule has 0 bridgehead atoms. The molecule has 0 saturated heterocycles. The summed E-state index contributed by atoms with van der Waals surface area (Å²) >= 11 is 0.807. The van der Waals surface area contributed by atoms with Crippen LogP contribution in [0.25, 0.3) is 11.0 Å². The van der Waals surface area contributed by atoms with Gasteiger partial charge < -0.3 is 10.5 Å². The van der Waals surface area contributed by atoms with E-state index in [1.54, 1.807) is 6.07 Å². The highest BCUT2D eigenvalue weighted by Gasteiger charge is 2.71. The van der Waals surface area contributed by atoms with Crippen molar-refractivity contribution in [3.05, 3.63) is 59.2 Å². The lowest BCUT2D eigenvalue weighted by atomic mass is 9.84. The molecule has 0 unspecified atom stereocenters. The SMILES string of the molecule is C#CCOc1cnc2c(Cc3cc(F)c(F)c([C@@]4(C)N=C(N)S[C@@]5(C(F)F)C[C@@H]45)c3)ncnc2c1. The number of thioether (sulfide) groups is 1. The third-order valence-corrected chi connectivity index (χ3v) is 7.80. The number of rotatable bonds is 6. The molecule has 0 amide bonds. The smallest absolute Gasteiger partial charge is 0.253 e. The van der Waals surface area contributed by atoms with Crippen LogP contribution >= 0.6 is 11.8 Å². The highest BCUT2D eigenvalue weighted by molar-refractivity contribution is 8.15. The Labute approximate surface area is 202 Å². The van der Waals surface area contributed by atoms with E-state index in [2.05, 4.69) is 25.9 Å². The number of benzene rings is 1. The number of nitrogens with zero attached hydrogens (tertiary/aromatic N) is 4. The maximum absolute atomic E-state index is 15.0. The summed E-state index contributed by atoms with van der Waals surface area (Å²) in [7, 11) is 0. The van der Waals surface area contributed by atoms with E-state index >= 15 is 4.39 Å². The summed E-state index contributed by atoms with van der Waals surface area (Å²) in [6.45, 7) is 1.59. The number of fused-ring (bicyclic) bond motifs is 2. The van der Waals surface area contributed by atoms with Gasteiger partial charge in [-0.05, 0) is 31.0 Å². The Morgan fingerprint density at radius 3 is 2.80 bits per heavy atom. The lowest BCUT2D eigenvalue weighted by molar-refractivity contribution is 0.123. The lowest BCUT2D eigenvalue weighted by Crippen LogP contribution is -2.39. The Balaban J connectivity index is 1.53. The molecule has 3 heterocycles. The molecule has 2 aliphatic rings. The van der Waals surface area contributed by atoms with Crippen molar-refractivity contribution in [2.75, 3.05) is 6.61 Å². The Hall–Kier alpha value is -3.39. The number of ether oxygens (including phenoxy) is 1. The number of alkyl halides is 2. The molecule has 2 N–H and O–H groups in total. The molecule has 180 valence electrons. The molecule has 3 atom stereocenters. The predicted octanol–water partition coefficient (Wildman–Crippen LogP) is 4.21. The maximum Gasteiger partial charge on any atom is 0.253 e. The molecule has 0 radical (unpaired) electrons. The average molecular weight is 502 g/mol. The summed E-state index contributed by atoms with van der Waals surface area (Å²) in [5.74, 6) is -0.123. The molecule has 6 nitrogen and oxygen atoms in total. The molecule has 0 spiro atoms. The summed E-state index contributed by atoms with van der Waals surface area (Å²) < 4.78 is 61.4. The first-order chi connectivity index (χ1) is 16.7. The van der Waals surface area contributed by atoms with Gasteiger partial charge in [-0.2, -0.15) is 0 Å². The van der Waals surface area contributed by atoms with Crippen LogP contribution in [0.15, 0.2) is 35.7 Å². The Bertz CT molecular complexity index is 1410. The second-order valence-electron chi connectivity index (χ2n) is 8.68. The first-order valence-electron chi connectivity index (χ1n) is 10.6. The van der Waals surface area contributed by atoms with Crippen molar-refractivity contribution in [1.29, 1.82) is 0 Å². The van der Waals surface area contributed by atoms with Crippen molar-refractivity contribution < 1.29 is 22.3 Å². The van der Waals surface area contributed by atoms with Gasteiger partial charge in [-0.25, -0.2) is 32.5 Å². The Morgan fingerprint density at radius 2 is 2.06 bits per heavy atom. The highest BCUT2D eigenvalue weighted by Crippen LogP contribution is 2.68. The minimum Gasteiger partial charge on any atom is -0.479 e. The van der Waals surface area contributed by atoms with Gasteiger partial charge in [0.25, 0.3) is 6.43 Å². The van der Waals surface area contributed by atoms with E-state index in [0.29, 0.717) is 28.0 Å². The van der Waals surface area contributed by atoms with Crippen LogP contribution in [0.5, 0.6) is 5.75 Å². The first kappa shape index (κ1) is 23.4. The van der Waals surface area contributed by atoms with Gasteiger partial charge in [0.1, 0.15) is 24.2 Å². The summed E-state index contributed by atoms with van der Waals surface area (Å²) in [6, 6.07) is 4.15. The number of aromatic nitrogens is 3. The van der Waals surface area contributed by atoms with Crippen LogP contribution in [0.3, 0.4) is 0 Å². The van der Waals surface area contributed by atoms with Crippen LogP contribution < -0.4 is 10.5 Å². The third kappa shape index (κ3) is 3.86. The standard InChI is InChI=1S/C24H19F4N5OS/c1-3-4-34-13-8-17-20(30-10-13)16(31-11-32-17)7-12-5-14(19(26)15(25)6-12)23(2)18-9-24(18,21(27)28)35-22(29)33-23/h1,5-6,8,10-11,18,21H,4,7,9H2,2H3,(H2,29,33)/t18-,23+,24-/m0/s1. The Kier molecular flexibility index (Phi) is 5.59. The van der Waals surface area contributed by atoms with E-state index in [0.717, 1.165) is 17.8 Å². The number of aliphatic imine (C=N–C) groups is 1. The van der Waals surface area contributed by atoms with Crippen molar-refractivity contribution >= 4 is 28.0 Å². The first-order valence-corrected chi connectivity index (χ1v) is 11.5. The van der Waals surface area contributed by atoms with Crippen molar-refractivity contribution in [3.63, 3.8) is 0 Å². The van der Waals surface area contributed by atoms with Gasteiger partial charge in [0.2, 0.25) is 0 Å². The summed E-state index contributed by atoms with van der Waals surface area (Å²) in [5, 5.41) is -0.0689. The topological polar surface area (TPSA) is 86.3 Å². The quantitative estimate of drug-likeness (QED) is 0.402. The average Bonchev–Trinajstić information content (AvgIpc) is 3.57. The fourth-order valence-corrected chi connectivity index (χ4v) is 6.06. The second kappa shape index (κ2) is 8.37. The van der Waals surface area contributed by atoms with Gasteiger partial charge in [0, 0.05) is 24.0 Å². The van der Waals surface area contributed by atoms with E-state index in [9.17, 15) is 13.2 Å². The van der Waals surface area contributed by atoms with Crippen LogP contribution in [0.4, 0.5) is 17.6 Å². The molecule has 11 heteroatoms. The molecule has 1 aromatic carbocycles. The fourth-order valence-electron chi connectivity index (χ4n) is 4.72. The normalized spacial score (nSPS) is 25.2. The van der Waals surface area contributed by atoms with Crippen LogP contribution in [-0.4, -0.2) is 37.9 Å². The molecule has 1 aliphatic heterocycles. The largest absolute Gasteiger partial charge is 0.479 e. The third-order valence-electron chi connectivity index (χ3n) is 6.49. The summed E-state index contributed by atoms with van der Waals surface area (Å²) in [5.41, 5.74) is 6.11. The number of hydrogen-bond acceptors (Lipinski definition) is 7. The molecule has 1 aliphatic carbocycles. The zero-order chi connectivity index (χ0) is 25.0. The minimum absolute atomic E-state index is 0.0689. The zero-order valence-electron chi connectivity index (χ0n) is 18.4. The van der Waals surface area contributed by atoms with Gasteiger partial charge in [-0.1, -0.05) is 17.7 Å². The minimum atomic E-state index is -2.67. The number of halogens is 4. The number of nitrogens with two attached hydrogens (primary N) is 1. The molecule has 2 aromatic heterocycles. The number of terminal acetylenes is 1. The van der Waals surface area contributed by atoms with E-state index in [1.807, 2.05) is 0 Å². The second-order valence-corrected chi connectivity index (χ2v) is 10.1.